The highest BCUT2D eigenvalue weighted by molar-refractivity contribution is 7.98. The molecule has 1 aliphatic rings. The summed E-state index contributed by atoms with van der Waals surface area (Å²) in [6.07, 6.45) is 0.639. The molecule has 20 N–H and O–H groups in total. The molecule has 0 aliphatic carbocycles. The number of aliphatic hydroxyl groups is 1. The Morgan fingerprint density at radius 3 is 1.72 bits per heavy atom. The number of hydrogen-bond acceptors (Lipinski definition) is 17. The van der Waals surface area contributed by atoms with Gasteiger partial charge in [0.25, 0.3) is 0 Å². The number of amides is 12. The molecular formula is C52H87N17O15S. The van der Waals surface area contributed by atoms with Crippen molar-refractivity contribution in [2.24, 2.45) is 34.0 Å². The molecule has 1 aliphatic heterocycles. The second-order valence-corrected chi connectivity index (χ2v) is 22.3. The molecule has 0 aromatic carbocycles. The van der Waals surface area contributed by atoms with Crippen molar-refractivity contribution in [3.05, 3.63) is 18.2 Å². The average Bonchev–Trinajstić information content (AvgIpc) is 4.06. The first kappa shape index (κ1) is 73.0. The van der Waals surface area contributed by atoms with Gasteiger partial charge in [-0.25, -0.2) is 4.98 Å². The number of aliphatic imine (C=N–C) groups is 1. The van der Waals surface area contributed by atoms with Crippen LogP contribution in [-0.2, 0) is 68.7 Å². The third kappa shape index (κ3) is 28.8. The van der Waals surface area contributed by atoms with Crippen LogP contribution >= 0.6 is 11.8 Å². The lowest BCUT2D eigenvalue weighted by Gasteiger charge is -2.28. The molecular weight excluding hydrogens is 1130 g/mol. The van der Waals surface area contributed by atoms with Crippen molar-refractivity contribution in [1.82, 2.24) is 68.5 Å². The maximum Gasteiger partial charge on any atom is 0.303 e. The summed E-state index contributed by atoms with van der Waals surface area (Å²) in [4.78, 5) is 187. The zero-order chi connectivity index (χ0) is 63.9. The zero-order valence-electron chi connectivity index (χ0n) is 49.1. The summed E-state index contributed by atoms with van der Waals surface area (Å²) >= 11 is 1.31. The third-order valence-electron chi connectivity index (χ3n) is 12.8. The van der Waals surface area contributed by atoms with Gasteiger partial charge in [0.05, 0.1) is 25.4 Å². The lowest BCUT2D eigenvalue weighted by molar-refractivity contribution is -0.139. The lowest BCUT2D eigenvalue weighted by atomic mass is 10.0. The number of nitrogens with zero attached hydrogens (tertiary/aromatic N) is 2. The Hall–Kier alpha value is -8.10. The van der Waals surface area contributed by atoms with Crippen LogP contribution in [0, 0.1) is 11.8 Å². The number of aromatic nitrogens is 2. The number of primary amides is 1. The maximum absolute atomic E-state index is 14.3. The van der Waals surface area contributed by atoms with Crippen molar-refractivity contribution in [2.75, 3.05) is 31.6 Å². The van der Waals surface area contributed by atoms with Crippen molar-refractivity contribution >= 4 is 94.6 Å². The molecule has 0 radical (unpaired) electrons. The van der Waals surface area contributed by atoms with Gasteiger partial charge >= 0.3 is 5.97 Å². The van der Waals surface area contributed by atoms with E-state index in [4.69, 9.17) is 17.2 Å². The Labute approximate surface area is 497 Å². The first-order valence-electron chi connectivity index (χ1n) is 28.0. The molecule has 1 aromatic rings. The van der Waals surface area contributed by atoms with Gasteiger partial charge in [0, 0.05) is 44.2 Å². The first-order chi connectivity index (χ1) is 40.0. The number of nitrogens with two attached hydrogens (primary N) is 3. The first-order valence-corrected chi connectivity index (χ1v) is 29.4. The Balaban J connectivity index is 2.68. The number of carbonyl (C=O) groups excluding carboxylic acids is 12. The van der Waals surface area contributed by atoms with Gasteiger partial charge in [-0.2, -0.15) is 11.8 Å². The number of rotatable bonds is 19. The van der Waals surface area contributed by atoms with Gasteiger partial charge in [0.1, 0.15) is 54.4 Å². The van der Waals surface area contributed by atoms with Crippen LogP contribution in [0.3, 0.4) is 0 Å². The summed E-state index contributed by atoms with van der Waals surface area (Å²) in [7, 11) is 0. The molecule has 0 bridgehead atoms. The Morgan fingerprint density at radius 1 is 0.635 bits per heavy atom. The third-order valence-corrected chi connectivity index (χ3v) is 13.5. The standard InChI is InChI=1S/C52H87N17O15S/c1-26(2)19-34-44(77)59-24-40(73)57-16-9-8-12-39(72)69-42(29(6)70)51(84)64-32(13-14-41(74)75)47(80)62-31(11-10-17-58-52(54)55)46(79)63-33(15-18-85-7)45(78)61-28(5)43(76)65-35(20-27(3)4)48(81)67-36(21-30-23-56-25-60-30)49(82)68-37(22-38(53)71)50(83)66-34/h23,25-29,31-37,42,70H,8-22,24H2,1-7H3,(H2,53,71)(H,56,60)(H,57,73)(H,59,77)(H,61,78)(H,62,80)(H,63,79)(H,64,84)(H,65,76)(H,66,83)(H,67,81)(H,68,82)(H,69,72)(H,74,75)(H4,54,55,58)/t28-,29+,31-,32-,33-,34-,35-,36-,37-,42-/m0/s1. The predicted octanol–water partition coefficient (Wildman–Crippen LogP) is -5.23. The van der Waals surface area contributed by atoms with Crippen LogP contribution in [0.15, 0.2) is 17.5 Å². The number of carbonyl (C=O) groups is 13. The summed E-state index contributed by atoms with van der Waals surface area (Å²) < 4.78 is 0. The van der Waals surface area contributed by atoms with E-state index in [0.29, 0.717) is 5.69 Å². The fraction of sp³-hybridized carbons (Fsp3) is 0.673. The molecule has 32 nitrogen and oxygen atoms in total. The number of guanidine groups is 1. The highest BCUT2D eigenvalue weighted by Crippen LogP contribution is 2.12. The second-order valence-electron chi connectivity index (χ2n) is 21.3. The van der Waals surface area contributed by atoms with E-state index < -0.39 is 163 Å². The second kappa shape index (κ2) is 38.0. The van der Waals surface area contributed by atoms with Crippen LogP contribution in [0.1, 0.15) is 118 Å². The van der Waals surface area contributed by atoms with Gasteiger partial charge in [-0.05, 0) is 89.1 Å². The summed E-state index contributed by atoms with van der Waals surface area (Å²) in [6.45, 7) is 8.90. The van der Waals surface area contributed by atoms with Crippen LogP contribution in [0.25, 0.3) is 0 Å². The van der Waals surface area contributed by atoms with E-state index in [1.807, 2.05) is 0 Å². The molecule has 33 heteroatoms. The topological polar surface area (TPSA) is 514 Å². The minimum absolute atomic E-state index is 0.00838. The summed E-state index contributed by atoms with van der Waals surface area (Å²) in [6, 6.07) is -13.5. The van der Waals surface area contributed by atoms with Crippen molar-refractivity contribution in [2.45, 2.75) is 179 Å². The number of nitrogens with one attached hydrogen (secondary N) is 12. The molecule has 1 fully saturated rings. The van der Waals surface area contributed by atoms with Crippen molar-refractivity contribution in [3.8, 4) is 0 Å². The number of H-pyrrole nitrogens is 1. The maximum atomic E-state index is 14.3. The highest BCUT2D eigenvalue weighted by atomic mass is 32.2. The summed E-state index contributed by atoms with van der Waals surface area (Å²) in [5, 5.41) is 47.8. The quantitative estimate of drug-likeness (QED) is 0.0350. The van der Waals surface area contributed by atoms with Gasteiger partial charge in [0.2, 0.25) is 70.9 Å². The SMILES string of the molecule is CSCC[C@@H]1NC(=O)[C@H](CCCN=C(N)N)NC(=O)[C@H](CCC(=O)O)NC(=O)[C@H]([C@@H](C)O)NC(=O)CCCCNC(=O)CNC(=O)[C@H](CC(C)C)NC(=O)[C@H](CC(N)=O)NC(=O)[C@H](Cc2cnc[nH]2)NC(=O)[C@H](CC(C)C)NC(=O)[C@H](C)NC1=O. The zero-order valence-corrected chi connectivity index (χ0v) is 49.9. The van der Waals surface area contributed by atoms with Crippen LogP contribution < -0.4 is 75.7 Å². The Kier molecular flexibility index (Phi) is 32.6. The number of hydrogen-bond donors (Lipinski definition) is 17. The largest absolute Gasteiger partial charge is 0.481 e. The van der Waals surface area contributed by atoms with Crippen molar-refractivity contribution in [1.29, 1.82) is 0 Å². The monoisotopic (exact) mass is 1220 g/mol. The highest BCUT2D eigenvalue weighted by Gasteiger charge is 2.36. The molecule has 1 saturated heterocycles. The minimum Gasteiger partial charge on any atom is -0.481 e. The molecule has 10 atom stereocenters. The molecule has 0 spiro atoms. The van der Waals surface area contributed by atoms with Crippen molar-refractivity contribution in [3.63, 3.8) is 0 Å². The van der Waals surface area contributed by atoms with Crippen LogP contribution in [0.5, 0.6) is 0 Å². The molecule has 12 amide bonds. The Bertz CT molecular complexity index is 2480. The van der Waals surface area contributed by atoms with Gasteiger partial charge < -0.3 is 90.9 Å². The number of aliphatic carboxylic acids is 1. The Morgan fingerprint density at radius 2 is 1.15 bits per heavy atom. The number of imidazole rings is 1. The number of carboxylic acid groups (broad SMARTS) is 1. The van der Waals surface area contributed by atoms with Crippen LogP contribution in [0.4, 0.5) is 0 Å². The summed E-state index contributed by atoms with van der Waals surface area (Å²) in [5.41, 5.74) is 16.8. The van der Waals surface area contributed by atoms with Gasteiger partial charge in [-0.3, -0.25) is 67.3 Å². The number of carboxylic acids is 1. The lowest BCUT2D eigenvalue weighted by Crippen LogP contribution is -2.61. The van der Waals surface area contributed by atoms with E-state index in [1.165, 1.54) is 38.1 Å². The fourth-order valence-corrected chi connectivity index (χ4v) is 8.87. The molecule has 0 saturated carbocycles. The van der Waals surface area contributed by atoms with Gasteiger partial charge in [0.15, 0.2) is 5.96 Å². The van der Waals surface area contributed by atoms with E-state index in [2.05, 4.69) is 73.4 Å². The number of aliphatic hydroxyl groups excluding tert-OH is 1. The summed E-state index contributed by atoms with van der Waals surface area (Å²) in [5.74, 6) is -12.7. The van der Waals surface area contributed by atoms with E-state index in [9.17, 15) is 72.5 Å². The van der Waals surface area contributed by atoms with Crippen LogP contribution in [-0.4, -0.2) is 195 Å². The van der Waals surface area contributed by atoms with Gasteiger partial charge in [-0.15, -0.1) is 0 Å². The number of thioether (sulfide) groups is 1. The fourth-order valence-electron chi connectivity index (χ4n) is 8.40. The van der Waals surface area contributed by atoms with Crippen molar-refractivity contribution < 1.29 is 72.5 Å². The molecule has 476 valence electrons. The minimum atomic E-state index is -1.70. The van der Waals surface area contributed by atoms with Crippen LogP contribution in [0.2, 0.25) is 0 Å². The van der Waals surface area contributed by atoms with E-state index in [-0.39, 0.29) is 94.4 Å². The van der Waals surface area contributed by atoms with E-state index in [1.54, 1.807) is 34.0 Å². The average molecular weight is 1220 g/mol. The van der Waals surface area contributed by atoms with E-state index >= 15 is 0 Å². The van der Waals surface area contributed by atoms with Gasteiger partial charge in [-0.1, -0.05) is 27.7 Å². The van der Waals surface area contributed by atoms with E-state index in [0.717, 1.165) is 0 Å². The predicted molar refractivity (Wildman–Crippen MR) is 309 cm³/mol. The molecule has 2 rings (SSSR count). The smallest absolute Gasteiger partial charge is 0.303 e. The molecule has 1 aromatic heterocycles. The molecule has 0 unspecified atom stereocenters. The molecule has 85 heavy (non-hydrogen) atoms. The molecule has 2 heterocycles. The number of aromatic amines is 1. The normalized spacial score (nSPS) is 24.5.